The van der Waals surface area contributed by atoms with Crippen LogP contribution in [0.3, 0.4) is 0 Å². The average Bonchev–Trinajstić information content (AvgIpc) is 2.82. The van der Waals surface area contributed by atoms with Gasteiger partial charge in [0.05, 0.1) is 0 Å². The van der Waals surface area contributed by atoms with Crippen LogP contribution in [0.25, 0.3) is 0 Å². The van der Waals surface area contributed by atoms with Gasteiger partial charge in [-0.25, -0.2) is 0 Å². The average molecular weight is 242 g/mol. The molecule has 2 nitrogen and oxygen atoms in total. The first-order valence-corrected chi connectivity index (χ1v) is 7.70. The molecule has 0 spiro atoms. The molecule has 0 aromatic carbocycles. The van der Waals surface area contributed by atoms with Crippen molar-refractivity contribution in [1.82, 2.24) is 4.90 Å². The Morgan fingerprint density at radius 3 is 2.62 bits per heavy atom. The molecule has 2 rings (SSSR count). The van der Waals surface area contributed by atoms with Crippen molar-refractivity contribution >= 4 is 11.8 Å². The van der Waals surface area contributed by atoms with Crippen LogP contribution in [0.4, 0.5) is 0 Å². The van der Waals surface area contributed by atoms with Crippen molar-refractivity contribution < 1.29 is 0 Å². The molecule has 1 aliphatic heterocycles. The lowest BCUT2D eigenvalue weighted by atomic mass is 9.85. The summed E-state index contributed by atoms with van der Waals surface area (Å²) in [5, 5.41) is 0. The van der Waals surface area contributed by atoms with Crippen LogP contribution >= 0.6 is 11.8 Å². The molecule has 16 heavy (non-hydrogen) atoms. The highest BCUT2D eigenvalue weighted by molar-refractivity contribution is 7.99. The van der Waals surface area contributed by atoms with E-state index in [1.54, 1.807) is 0 Å². The second-order valence-corrected chi connectivity index (χ2v) is 7.42. The molecule has 0 radical (unpaired) electrons. The smallest absolute Gasteiger partial charge is 0.0191 e. The van der Waals surface area contributed by atoms with E-state index in [0.29, 0.717) is 17.4 Å². The Morgan fingerprint density at radius 2 is 2.12 bits per heavy atom. The lowest BCUT2D eigenvalue weighted by Gasteiger charge is -2.31. The molecule has 2 N–H and O–H groups in total. The van der Waals surface area contributed by atoms with Gasteiger partial charge in [-0.15, -0.1) is 0 Å². The predicted molar refractivity (Wildman–Crippen MR) is 72.8 cm³/mol. The van der Waals surface area contributed by atoms with Crippen LogP contribution in [0.1, 0.15) is 33.1 Å². The molecule has 1 saturated carbocycles. The van der Waals surface area contributed by atoms with E-state index in [4.69, 9.17) is 5.73 Å². The number of nitrogens with zero attached hydrogens (tertiary/aromatic N) is 1. The van der Waals surface area contributed by atoms with Crippen molar-refractivity contribution in [2.24, 2.45) is 17.1 Å². The fourth-order valence-electron chi connectivity index (χ4n) is 3.14. The molecule has 94 valence electrons. The third-order valence-electron chi connectivity index (χ3n) is 4.62. The molecule has 3 heteroatoms. The predicted octanol–water partition coefficient (Wildman–Crippen LogP) is 2.19. The minimum Gasteiger partial charge on any atom is -0.327 e. The fourth-order valence-corrected chi connectivity index (χ4v) is 4.43. The maximum atomic E-state index is 6.37. The Balaban J connectivity index is 1.85. The summed E-state index contributed by atoms with van der Waals surface area (Å²) in [5.41, 5.74) is 6.73. The second-order valence-electron chi connectivity index (χ2n) is 6.27. The van der Waals surface area contributed by atoms with E-state index in [1.165, 1.54) is 37.3 Å². The summed E-state index contributed by atoms with van der Waals surface area (Å²) in [7, 11) is 2.29. The van der Waals surface area contributed by atoms with Gasteiger partial charge in [0.25, 0.3) is 0 Å². The van der Waals surface area contributed by atoms with Gasteiger partial charge in [0.15, 0.2) is 0 Å². The molecular formula is C13H26N2S. The molecule has 0 aromatic heterocycles. The fraction of sp³-hybridized carbons (Fsp3) is 1.00. The number of hydrogen-bond acceptors (Lipinski definition) is 3. The van der Waals surface area contributed by atoms with Gasteiger partial charge in [0.2, 0.25) is 0 Å². The Hall–Kier alpha value is 0.270. The molecule has 1 heterocycles. The van der Waals surface area contributed by atoms with E-state index in [2.05, 4.69) is 37.6 Å². The normalized spacial score (nSPS) is 38.4. The van der Waals surface area contributed by atoms with E-state index in [9.17, 15) is 0 Å². The van der Waals surface area contributed by atoms with Gasteiger partial charge in [0.1, 0.15) is 0 Å². The van der Waals surface area contributed by atoms with Crippen LogP contribution < -0.4 is 5.73 Å². The summed E-state index contributed by atoms with van der Waals surface area (Å²) >= 11 is 2.10. The SMILES string of the molecule is CN(CC1CCC(C)(C)C1N)C1CCSC1. The standard InChI is InChI=1S/C13H26N2S/c1-13(2)6-4-10(12(13)14)8-15(3)11-5-7-16-9-11/h10-12H,4-9,14H2,1-3H3. The van der Waals surface area contributed by atoms with Crippen molar-refractivity contribution in [3.8, 4) is 0 Å². The highest BCUT2D eigenvalue weighted by atomic mass is 32.2. The summed E-state index contributed by atoms with van der Waals surface area (Å²) in [6.07, 6.45) is 3.98. The van der Waals surface area contributed by atoms with E-state index >= 15 is 0 Å². The summed E-state index contributed by atoms with van der Waals surface area (Å²) in [5.74, 6) is 3.38. The molecule has 1 saturated heterocycles. The minimum atomic E-state index is 0.357. The molecular weight excluding hydrogens is 216 g/mol. The van der Waals surface area contributed by atoms with Gasteiger partial charge in [-0.05, 0) is 43.4 Å². The zero-order chi connectivity index (χ0) is 11.8. The highest BCUT2D eigenvalue weighted by Gasteiger charge is 2.40. The van der Waals surface area contributed by atoms with Crippen LogP contribution in [0.15, 0.2) is 0 Å². The molecule has 0 amide bonds. The molecule has 0 aromatic rings. The first kappa shape index (κ1) is 12.7. The van der Waals surface area contributed by atoms with Crippen molar-refractivity contribution in [3.63, 3.8) is 0 Å². The Kier molecular flexibility index (Phi) is 3.87. The van der Waals surface area contributed by atoms with E-state index in [0.717, 1.165) is 6.04 Å². The van der Waals surface area contributed by atoms with Crippen LogP contribution in [0, 0.1) is 11.3 Å². The number of thioether (sulfide) groups is 1. The largest absolute Gasteiger partial charge is 0.327 e. The summed E-state index contributed by atoms with van der Waals surface area (Å²) in [6.45, 7) is 5.85. The Morgan fingerprint density at radius 1 is 1.38 bits per heavy atom. The zero-order valence-electron chi connectivity index (χ0n) is 10.9. The van der Waals surface area contributed by atoms with Crippen LogP contribution in [0.5, 0.6) is 0 Å². The molecule has 0 bridgehead atoms. The van der Waals surface area contributed by atoms with E-state index < -0.39 is 0 Å². The van der Waals surface area contributed by atoms with Crippen LogP contribution in [-0.4, -0.2) is 42.1 Å². The van der Waals surface area contributed by atoms with Crippen molar-refractivity contribution in [3.05, 3.63) is 0 Å². The topological polar surface area (TPSA) is 29.3 Å². The summed E-state index contributed by atoms with van der Waals surface area (Å²) in [4.78, 5) is 2.56. The number of nitrogens with two attached hydrogens (primary N) is 1. The zero-order valence-corrected chi connectivity index (χ0v) is 11.7. The minimum absolute atomic E-state index is 0.357. The van der Waals surface area contributed by atoms with Crippen LogP contribution in [0.2, 0.25) is 0 Å². The van der Waals surface area contributed by atoms with Crippen LogP contribution in [-0.2, 0) is 0 Å². The Labute approximate surface area is 104 Å². The third-order valence-corrected chi connectivity index (χ3v) is 5.77. The Bertz CT molecular complexity index is 236. The van der Waals surface area contributed by atoms with E-state index in [-0.39, 0.29) is 0 Å². The van der Waals surface area contributed by atoms with Gasteiger partial charge in [-0.2, -0.15) is 11.8 Å². The number of rotatable bonds is 3. The van der Waals surface area contributed by atoms with Crippen molar-refractivity contribution in [2.75, 3.05) is 25.1 Å². The van der Waals surface area contributed by atoms with E-state index in [1.807, 2.05) is 0 Å². The summed E-state index contributed by atoms with van der Waals surface area (Å²) < 4.78 is 0. The second kappa shape index (κ2) is 4.87. The molecule has 3 unspecified atom stereocenters. The first-order valence-electron chi connectivity index (χ1n) is 6.54. The lowest BCUT2D eigenvalue weighted by Crippen LogP contribution is -2.43. The molecule has 1 aliphatic carbocycles. The van der Waals surface area contributed by atoms with Crippen molar-refractivity contribution in [2.45, 2.75) is 45.2 Å². The molecule has 2 aliphatic rings. The highest BCUT2D eigenvalue weighted by Crippen LogP contribution is 2.40. The van der Waals surface area contributed by atoms with Gasteiger partial charge in [0, 0.05) is 24.4 Å². The van der Waals surface area contributed by atoms with Gasteiger partial charge in [-0.3, -0.25) is 0 Å². The van der Waals surface area contributed by atoms with Crippen molar-refractivity contribution in [1.29, 1.82) is 0 Å². The quantitative estimate of drug-likeness (QED) is 0.822. The molecule has 3 atom stereocenters. The summed E-state index contributed by atoms with van der Waals surface area (Å²) in [6, 6.07) is 1.20. The first-order chi connectivity index (χ1) is 7.50. The third kappa shape index (κ3) is 2.57. The maximum Gasteiger partial charge on any atom is 0.0191 e. The van der Waals surface area contributed by atoms with Gasteiger partial charge < -0.3 is 10.6 Å². The lowest BCUT2D eigenvalue weighted by molar-refractivity contribution is 0.198. The number of hydrogen-bond donors (Lipinski definition) is 1. The van der Waals surface area contributed by atoms with Gasteiger partial charge in [-0.1, -0.05) is 13.8 Å². The van der Waals surface area contributed by atoms with Gasteiger partial charge >= 0.3 is 0 Å². The molecule has 2 fully saturated rings. The maximum absolute atomic E-state index is 6.37. The monoisotopic (exact) mass is 242 g/mol.